The molecule has 2 aromatic carbocycles. The number of ketones is 1. The van der Waals surface area contributed by atoms with Crippen molar-refractivity contribution in [3.8, 4) is 5.75 Å². The fourth-order valence-electron chi connectivity index (χ4n) is 3.43. The Morgan fingerprint density at radius 3 is 2.60 bits per heavy atom. The number of hydrogen-bond donors (Lipinski definition) is 0. The molecule has 5 heteroatoms. The molecule has 152 valence electrons. The van der Waals surface area contributed by atoms with Crippen molar-refractivity contribution in [1.82, 2.24) is 0 Å². The maximum absolute atomic E-state index is 13.0. The van der Waals surface area contributed by atoms with Crippen molar-refractivity contribution in [2.45, 2.75) is 16.7 Å². The standard InChI is InChI=1S/C25H22O4S/c1-17(2)25(27)29-16-15-28-18-11-13-19(14-12-18)30-22-9-5-3-7-20(22)24(26)21-8-4-6-10-23(21)30/h3-14,20H,1,15-16H2,2H3. The maximum Gasteiger partial charge on any atom is 0.333 e. The molecule has 0 bridgehead atoms. The lowest BCUT2D eigenvalue weighted by atomic mass is 9.91. The molecule has 30 heavy (non-hydrogen) atoms. The van der Waals surface area contributed by atoms with Crippen LogP contribution in [0.3, 0.4) is 0 Å². The highest BCUT2D eigenvalue weighted by Gasteiger charge is 2.32. The highest BCUT2D eigenvalue weighted by Crippen LogP contribution is 2.46. The summed E-state index contributed by atoms with van der Waals surface area (Å²) in [6.07, 6.45) is 8.00. The number of hydrogen-bond acceptors (Lipinski definition) is 4. The van der Waals surface area contributed by atoms with Gasteiger partial charge in [0.1, 0.15) is 19.0 Å². The van der Waals surface area contributed by atoms with Crippen LogP contribution in [0, 0.1) is 5.92 Å². The third-order valence-corrected chi connectivity index (χ3v) is 7.27. The fraction of sp³-hybridized carbons (Fsp3) is 0.160. The van der Waals surface area contributed by atoms with Crippen LogP contribution in [0.1, 0.15) is 17.3 Å². The Morgan fingerprint density at radius 1 is 1.07 bits per heavy atom. The van der Waals surface area contributed by atoms with Crippen LogP contribution >= 0.6 is 10.5 Å². The number of Topliss-reactive ketones (excluding diaryl/α,β-unsaturated/α-hetero) is 1. The molecule has 1 aliphatic heterocycles. The quantitative estimate of drug-likeness (QED) is 0.287. The van der Waals surface area contributed by atoms with Gasteiger partial charge >= 0.3 is 5.97 Å². The lowest BCUT2D eigenvalue weighted by Crippen LogP contribution is -2.27. The second-order valence-electron chi connectivity index (χ2n) is 7.03. The first-order valence-electron chi connectivity index (χ1n) is 9.71. The van der Waals surface area contributed by atoms with E-state index in [0.29, 0.717) is 11.3 Å². The summed E-state index contributed by atoms with van der Waals surface area (Å²) in [6, 6.07) is 15.8. The first kappa shape index (κ1) is 20.1. The Morgan fingerprint density at radius 2 is 1.83 bits per heavy atom. The number of allylic oxidation sites excluding steroid dienone is 4. The van der Waals surface area contributed by atoms with E-state index in [2.05, 4.69) is 12.7 Å². The smallest absolute Gasteiger partial charge is 0.333 e. The lowest BCUT2D eigenvalue weighted by molar-refractivity contribution is -0.139. The van der Waals surface area contributed by atoms with E-state index in [1.807, 2.05) is 66.8 Å². The minimum absolute atomic E-state index is 0.161. The van der Waals surface area contributed by atoms with Crippen molar-refractivity contribution >= 4 is 27.1 Å². The highest BCUT2D eigenvalue weighted by atomic mass is 32.2. The molecular weight excluding hydrogens is 396 g/mol. The summed E-state index contributed by atoms with van der Waals surface area (Å²) in [7, 11) is -0.324. The molecule has 0 saturated carbocycles. The monoisotopic (exact) mass is 418 g/mol. The van der Waals surface area contributed by atoms with E-state index in [0.717, 1.165) is 20.2 Å². The van der Waals surface area contributed by atoms with E-state index in [4.69, 9.17) is 9.47 Å². The molecule has 0 radical (unpaired) electrons. The summed E-state index contributed by atoms with van der Waals surface area (Å²) < 4.78 is 10.7. The number of fused-ring (bicyclic) bond motifs is 2. The van der Waals surface area contributed by atoms with Crippen molar-refractivity contribution in [3.63, 3.8) is 0 Å². The van der Waals surface area contributed by atoms with Gasteiger partial charge in [-0.15, -0.1) is 10.5 Å². The highest BCUT2D eigenvalue weighted by molar-refractivity contribution is 8.16. The Balaban J connectivity index is 1.57. The molecule has 1 aliphatic carbocycles. The number of esters is 1. The van der Waals surface area contributed by atoms with E-state index in [9.17, 15) is 9.59 Å². The normalized spacial score (nSPS) is 19.1. The molecule has 0 spiro atoms. The second-order valence-corrected chi connectivity index (χ2v) is 9.02. The zero-order chi connectivity index (χ0) is 21.1. The molecule has 1 heterocycles. The van der Waals surface area contributed by atoms with Gasteiger partial charge in [-0.2, -0.15) is 0 Å². The molecule has 4 nitrogen and oxygen atoms in total. The van der Waals surface area contributed by atoms with Crippen LogP contribution in [-0.2, 0) is 9.53 Å². The predicted molar refractivity (Wildman–Crippen MR) is 119 cm³/mol. The van der Waals surface area contributed by atoms with Crippen molar-refractivity contribution in [3.05, 3.63) is 90.6 Å². The van der Waals surface area contributed by atoms with Crippen molar-refractivity contribution in [2.75, 3.05) is 13.2 Å². The average molecular weight is 419 g/mol. The topological polar surface area (TPSA) is 52.6 Å². The van der Waals surface area contributed by atoms with Gasteiger partial charge in [-0.25, -0.2) is 4.79 Å². The molecule has 0 aromatic heterocycles. The van der Waals surface area contributed by atoms with E-state index in [1.54, 1.807) is 6.92 Å². The summed E-state index contributed by atoms with van der Waals surface area (Å²) in [5.74, 6) is 0.249. The largest absolute Gasteiger partial charge is 0.490 e. The van der Waals surface area contributed by atoms with Crippen LogP contribution in [-0.4, -0.2) is 29.8 Å². The zero-order valence-electron chi connectivity index (χ0n) is 16.7. The van der Waals surface area contributed by atoms with Gasteiger partial charge < -0.3 is 9.47 Å². The Hall–Kier alpha value is -3.18. The van der Waals surface area contributed by atoms with E-state index in [-0.39, 0.29) is 35.4 Å². The van der Waals surface area contributed by atoms with Gasteiger partial charge in [0.25, 0.3) is 0 Å². The van der Waals surface area contributed by atoms with Crippen LogP contribution in [0.25, 0.3) is 0 Å². The summed E-state index contributed by atoms with van der Waals surface area (Å²) in [5, 5.41) is 0. The summed E-state index contributed by atoms with van der Waals surface area (Å²) in [6.45, 7) is 5.60. The van der Waals surface area contributed by atoms with Gasteiger partial charge in [0.15, 0.2) is 5.78 Å². The number of rotatable bonds is 6. The Labute approximate surface area is 178 Å². The molecule has 4 rings (SSSR count). The summed E-state index contributed by atoms with van der Waals surface area (Å²) >= 11 is 0. The van der Waals surface area contributed by atoms with Crippen LogP contribution in [0.4, 0.5) is 0 Å². The van der Waals surface area contributed by atoms with Crippen molar-refractivity contribution in [1.29, 1.82) is 0 Å². The summed E-state index contributed by atoms with van der Waals surface area (Å²) in [5.41, 5.74) is 1.17. The van der Waals surface area contributed by atoms with Crippen LogP contribution in [0.15, 0.2) is 94.8 Å². The molecule has 0 saturated heterocycles. The van der Waals surface area contributed by atoms with Crippen LogP contribution < -0.4 is 4.74 Å². The Kier molecular flexibility index (Phi) is 5.81. The first-order valence-corrected chi connectivity index (χ1v) is 10.9. The number of carbonyl (C=O) groups excluding carboxylic acids is 2. The molecule has 0 fully saturated rings. The molecule has 2 unspecified atom stereocenters. The van der Waals surface area contributed by atoms with Gasteiger partial charge in [-0.3, -0.25) is 4.79 Å². The number of ether oxygens (including phenoxy) is 2. The predicted octanol–water partition coefficient (Wildman–Crippen LogP) is 4.98. The fourth-order valence-corrected chi connectivity index (χ4v) is 5.88. The first-order chi connectivity index (χ1) is 14.6. The van der Waals surface area contributed by atoms with E-state index >= 15 is 0 Å². The zero-order valence-corrected chi connectivity index (χ0v) is 17.5. The van der Waals surface area contributed by atoms with Crippen LogP contribution in [0.2, 0.25) is 0 Å². The van der Waals surface area contributed by atoms with Crippen molar-refractivity contribution in [2.24, 2.45) is 5.92 Å². The number of benzene rings is 2. The average Bonchev–Trinajstić information content (AvgIpc) is 2.77. The van der Waals surface area contributed by atoms with Gasteiger partial charge in [0.2, 0.25) is 0 Å². The van der Waals surface area contributed by atoms with E-state index in [1.165, 1.54) is 0 Å². The molecule has 0 amide bonds. The minimum Gasteiger partial charge on any atom is -0.490 e. The van der Waals surface area contributed by atoms with Gasteiger partial charge in [-0.1, -0.05) is 49.1 Å². The third kappa shape index (κ3) is 3.94. The lowest BCUT2D eigenvalue weighted by Gasteiger charge is -2.28. The Bertz CT molecular complexity index is 1110. The van der Waals surface area contributed by atoms with Crippen LogP contribution in [0.5, 0.6) is 5.75 Å². The van der Waals surface area contributed by atoms with Crippen molar-refractivity contribution < 1.29 is 19.1 Å². The van der Waals surface area contributed by atoms with E-state index < -0.39 is 5.97 Å². The second kappa shape index (κ2) is 8.67. The SMILES string of the molecule is C=C(C)C(=O)OCCOc1ccc(S2=C3C=CC=CC3C(=O)c3ccccc32)cc1. The molecule has 0 N–H and O–H groups in total. The van der Waals surface area contributed by atoms with Gasteiger partial charge in [0, 0.05) is 20.9 Å². The number of carbonyl (C=O) groups is 2. The molecule has 2 atom stereocenters. The molecular formula is C25H22O4S. The maximum atomic E-state index is 13.0. The molecule has 2 aromatic rings. The third-order valence-electron chi connectivity index (χ3n) is 4.87. The van der Waals surface area contributed by atoms with Gasteiger partial charge in [-0.05, 0) is 42.1 Å². The van der Waals surface area contributed by atoms with Gasteiger partial charge in [0.05, 0.1) is 5.92 Å². The minimum atomic E-state index is -0.415. The summed E-state index contributed by atoms with van der Waals surface area (Å²) in [4.78, 5) is 27.7. The molecule has 2 aliphatic rings.